The number of hydrogen-bond donors (Lipinski definition) is 2. The standard InChI is InChI=1S/C18H29N3O3/c1-13-7-16(24-20-13)8-15-10-21(11-17(15)22)12-18(23)19-9-14-5-3-2-4-6-14/h7,14-15,17,22H,2-6,8-12H2,1H3,(H,19,23)/t15-,17+/m1/s1. The summed E-state index contributed by atoms with van der Waals surface area (Å²) in [5.41, 5.74) is 0.858. The van der Waals surface area contributed by atoms with Gasteiger partial charge in [-0.25, -0.2) is 0 Å². The van der Waals surface area contributed by atoms with Gasteiger partial charge in [-0.05, 0) is 25.7 Å². The lowest BCUT2D eigenvalue weighted by molar-refractivity contribution is -0.122. The molecule has 1 aromatic rings. The highest BCUT2D eigenvalue weighted by Crippen LogP contribution is 2.23. The minimum absolute atomic E-state index is 0.0731. The Morgan fingerprint density at radius 2 is 2.17 bits per heavy atom. The summed E-state index contributed by atoms with van der Waals surface area (Å²) >= 11 is 0. The Balaban J connectivity index is 1.40. The second kappa shape index (κ2) is 8.12. The summed E-state index contributed by atoms with van der Waals surface area (Å²) in [6, 6.07) is 1.91. The van der Waals surface area contributed by atoms with Crippen LogP contribution in [0.4, 0.5) is 0 Å². The van der Waals surface area contributed by atoms with Crippen molar-refractivity contribution in [1.82, 2.24) is 15.4 Å². The highest BCUT2D eigenvalue weighted by atomic mass is 16.5. The Hall–Kier alpha value is -1.40. The van der Waals surface area contributed by atoms with Crippen LogP contribution in [0.2, 0.25) is 0 Å². The van der Waals surface area contributed by atoms with Crippen LogP contribution in [0.1, 0.15) is 43.6 Å². The Morgan fingerprint density at radius 3 is 2.88 bits per heavy atom. The van der Waals surface area contributed by atoms with Gasteiger partial charge in [0.2, 0.25) is 5.91 Å². The normalized spacial score (nSPS) is 25.9. The van der Waals surface area contributed by atoms with E-state index in [1.165, 1.54) is 32.1 Å². The van der Waals surface area contributed by atoms with Gasteiger partial charge in [0.25, 0.3) is 0 Å². The number of aliphatic hydroxyl groups is 1. The van der Waals surface area contributed by atoms with Gasteiger partial charge in [-0.3, -0.25) is 9.69 Å². The van der Waals surface area contributed by atoms with Crippen LogP contribution in [0.15, 0.2) is 10.6 Å². The SMILES string of the molecule is Cc1cc(C[C@@H]2CN(CC(=O)NCC3CCCCC3)C[C@@H]2O)on1. The fraction of sp³-hybridized carbons (Fsp3) is 0.778. The number of amides is 1. The predicted molar refractivity (Wildman–Crippen MR) is 90.5 cm³/mol. The number of aryl methyl sites for hydroxylation is 1. The molecule has 2 aliphatic rings. The van der Waals surface area contributed by atoms with E-state index in [-0.39, 0.29) is 11.8 Å². The summed E-state index contributed by atoms with van der Waals surface area (Å²) in [6.07, 6.45) is 6.65. The molecule has 24 heavy (non-hydrogen) atoms. The minimum atomic E-state index is -0.415. The van der Waals surface area contributed by atoms with Crippen molar-refractivity contribution in [3.05, 3.63) is 17.5 Å². The topological polar surface area (TPSA) is 78.6 Å². The van der Waals surface area contributed by atoms with Crippen LogP contribution >= 0.6 is 0 Å². The number of aliphatic hydroxyl groups excluding tert-OH is 1. The van der Waals surface area contributed by atoms with E-state index in [1.54, 1.807) is 0 Å². The molecular formula is C18H29N3O3. The quantitative estimate of drug-likeness (QED) is 0.824. The lowest BCUT2D eigenvalue weighted by Gasteiger charge is -2.22. The molecule has 6 nitrogen and oxygen atoms in total. The van der Waals surface area contributed by atoms with Crippen LogP contribution in [-0.2, 0) is 11.2 Å². The number of carbonyl (C=O) groups excluding carboxylic acids is 1. The Morgan fingerprint density at radius 1 is 1.38 bits per heavy atom. The number of likely N-dealkylation sites (tertiary alicyclic amines) is 1. The van der Waals surface area contributed by atoms with Gasteiger partial charge < -0.3 is 14.9 Å². The fourth-order valence-electron chi connectivity index (χ4n) is 3.95. The third-order valence-electron chi connectivity index (χ3n) is 5.30. The van der Waals surface area contributed by atoms with E-state index in [1.807, 2.05) is 17.9 Å². The molecule has 2 fully saturated rings. The largest absolute Gasteiger partial charge is 0.391 e. The number of hydrogen-bond acceptors (Lipinski definition) is 5. The number of nitrogens with one attached hydrogen (secondary N) is 1. The summed E-state index contributed by atoms with van der Waals surface area (Å²) in [5, 5.41) is 17.2. The van der Waals surface area contributed by atoms with Gasteiger partial charge in [-0.15, -0.1) is 0 Å². The first-order valence-electron chi connectivity index (χ1n) is 9.19. The monoisotopic (exact) mass is 335 g/mol. The van der Waals surface area contributed by atoms with Crippen molar-refractivity contribution < 1.29 is 14.4 Å². The van der Waals surface area contributed by atoms with Crippen molar-refractivity contribution >= 4 is 5.91 Å². The van der Waals surface area contributed by atoms with Gasteiger partial charge in [-0.1, -0.05) is 24.4 Å². The highest BCUT2D eigenvalue weighted by Gasteiger charge is 2.33. The van der Waals surface area contributed by atoms with Crippen molar-refractivity contribution in [2.75, 3.05) is 26.2 Å². The van der Waals surface area contributed by atoms with Crippen molar-refractivity contribution in [2.45, 2.75) is 51.6 Å². The summed E-state index contributed by atoms with van der Waals surface area (Å²) in [6.45, 7) is 4.33. The number of β-amino-alcohol motifs (C(OH)–C–C–N with tert-alkyl or cyclic N) is 1. The molecule has 1 saturated carbocycles. The molecule has 0 bridgehead atoms. The number of aromatic nitrogens is 1. The Bertz CT molecular complexity index is 539. The van der Waals surface area contributed by atoms with Gasteiger partial charge in [0.05, 0.1) is 18.3 Å². The Labute approximate surface area is 143 Å². The first kappa shape index (κ1) is 17.4. The molecular weight excluding hydrogens is 306 g/mol. The molecule has 0 aromatic carbocycles. The Kier molecular flexibility index (Phi) is 5.89. The molecule has 0 spiro atoms. The number of rotatable bonds is 6. The van der Waals surface area contributed by atoms with Crippen LogP contribution < -0.4 is 5.32 Å². The molecule has 1 aliphatic carbocycles. The molecule has 1 aromatic heterocycles. The van der Waals surface area contributed by atoms with Gasteiger partial charge in [0.1, 0.15) is 5.76 Å². The number of nitrogens with zero attached hydrogens (tertiary/aromatic N) is 2. The molecule has 0 unspecified atom stereocenters. The van der Waals surface area contributed by atoms with E-state index < -0.39 is 6.10 Å². The summed E-state index contributed by atoms with van der Waals surface area (Å²) in [4.78, 5) is 14.2. The van der Waals surface area contributed by atoms with Gasteiger partial charge in [-0.2, -0.15) is 0 Å². The van der Waals surface area contributed by atoms with Crippen molar-refractivity contribution in [3.63, 3.8) is 0 Å². The summed E-state index contributed by atoms with van der Waals surface area (Å²) in [7, 11) is 0. The summed E-state index contributed by atoms with van der Waals surface area (Å²) in [5.74, 6) is 1.63. The average Bonchev–Trinajstić information content (AvgIpc) is 3.12. The van der Waals surface area contributed by atoms with Crippen LogP contribution in [0.25, 0.3) is 0 Å². The molecule has 2 atom stereocenters. The van der Waals surface area contributed by atoms with Crippen LogP contribution in [0.5, 0.6) is 0 Å². The molecule has 1 aliphatic heterocycles. The maximum atomic E-state index is 12.2. The van der Waals surface area contributed by atoms with Crippen LogP contribution in [-0.4, -0.2) is 53.4 Å². The molecule has 1 saturated heterocycles. The van der Waals surface area contributed by atoms with E-state index in [0.717, 1.165) is 24.5 Å². The lowest BCUT2D eigenvalue weighted by atomic mass is 9.89. The maximum Gasteiger partial charge on any atom is 0.234 e. The summed E-state index contributed by atoms with van der Waals surface area (Å²) < 4.78 is 5.24. The van der Waals surface area contributed by atoms with Crippen LogP contribution in [0.3, 0.4) is 0 Å². The molecule has 2 heterocycles. The third-order valence-corrected chi connectivity index (χ3v) is 5.30. The molecule has 134 valence electrons. The van der Waals surface area contributed by atoms with Gasteiger partial charge in [0, 0.05) is 38.0 Å². The zero-order valence-corrected chi connectivity index (χ0v) is 14.5. The molecule has 0 radical (unpaired) electrons. The zero-order valence-electron chi connectivity index (χ0n) is 14.5. The highest BCUT2D eigenvalue weighted by molar-refractivity contribution is 5.78. The maximum absolute atomic E-state index is 12.2. The van der Waals surface area contributed by atoms with E-state index in [0.29, 0.717) is 25.4 Å². The predicted octanol–water partition coefficient (Wildman–Crippen LogP) is 1.51. The fourth-order valence-corrected chi connectivity index (χ4v) is 3.95. The zero-order chi connectivity index (χ0) is 16.9. The van der Waals surface area contributed by atoms with Gasteiger partial charge >= 0.3 is 0 Å². The second-order valence-corrected chi connectivity index (χ2v) is 7.47. The molecule has 2 N–H and O–H groups in total. The second-order valence-electron chi connectivity index (χ2n) is 7.47. The number of carbonyl (C=O) groups is 1. The van der Waals surface area contributed by atoms with Crippen molar-refractivity contribution in [1.29, 1.82) is 0 Å². The van der Waals surface area contributed by atoms with Crippen molar-refractivity contribution in [3.8, 4) is 0 Å². The average molecular weight is 335 g/mol. The lowest BCUT2D eigenvalue weighted by Crippen LogP contribution is -2.38. The smallest absolute Gasteiger partial charge is 0.234 e. The van der Waals surface area contributed by atoms with E-state index in [2.05, 4.69) is 10.5 Å². The molecule has 1 amide bonds. The van der Waals surface area contributed by atoms with Crippen molar-refractivity contribution in [2.24, 2.45) is 11.8 Å². The van der Waals surface area contributed by atoms with Crippen LogP contribution in [0, 0.1) is 18.8 Å². The van der Waals surface area contributed by atoms with E-state index in [4.69, 9.17) is 4.52 Å². The first-order valence-corrected chi connectivity index (χ1v) is 9.19. The first-order chi connectivity index (χ1) is 11.6. The third kappa shape index (κ3) is 4.80. The molecule has 6 heteroatoms. The molecule has 3 rings (SSSR count). The van der Waals surface area contributed by atoms with E-state index in [9.17, 15) is 9.90 Å². The van der Waals surface area contributed by atoms with E-state index >= 15 is 0 Å². The minimum Gasteiger partial charge on any atom is -0.391 e. The van der Waals surface area contributed by atoms with Gasteiger partial charge in [0.15, 0.2) is 0 Å².